The molecule has 0 aliphatic carbocycles. The zero-order valence-corrected chi connectivity index (χ0v) is 7.93. The van der Waals surface area contributed by atoms with Gasteiger partial charge in [-0.25, -0.2) is 8.78 Å². The molecule has 78 valence electrons. The minimum Gasteiger partial charge on any atom is -0.394 e. The predicted molar refractivity (Wildman–Crippen MR) is 49.8 cm³/mol. The smallest absolute Gasteiger partial charge is 0.130 e. The molecule has 0 saturated heterocycles. The summed E-state index contributed by atoms with van der Waals surface area (Å²) < 4.78 is 26.2. The molecule has 0 saturated carbocycles. The van der Waals surface area contributed by atoms with Gasteiger partial charge in [0.15, 0.2) is 0 Å². The molecule has 0 spiro atoms. The molecule has 1 rings (SSSR count). The number of benzene rings is 1. The minimum atomic E-state index is -0.791. The Balaban J connectivity index is 3.17. The summed E-state index contributed by atoms with van der Waals surface area (Å²) in [5, 5.41) is 8.76. The van der Waals surface area contributed by atoms with Crippen molar-refractivity contribution in [3.8, 4) is 0 Å². The van der Waals surface area contributed by atoms with Crippen molar-refractivity contribution in [2.45, 2.75) is 19.4 Å². The van der Waals surface area contributed by atoms with E-state index in [2.05, 4.69) is 0 Å². The molecule has 0 amide bonds. The molecule has 0 aliphatic heterocycles. The molecule has 1 atom stereocenters. The Morgan fingerprint density at radius 2 is 2.00 bits per heavy atom. The van der Waals surface area contributed by atoms with Crippen molar-refractivity contribution < 1.29 is 13.9 Å². The molecule has 1 aromatic rings. The molecule has 1 unspecified atom stereocenters. The highest BCUT2D eigenvalue weighted by atomic mass is 19.1. The molecule has 14 heavy (non-hydrogen) atoms. The Kier molecular flexibility index (Phi) is 3.55. The van der Waals surface area contributed by atoms with E-state index in [0.29, 0.717) is 12.0 Å². The molecule has 0 heterocycles. The summed E-state index contributed by atoms with van der Waals surface area (Å²) in [6.45, 7) is 1.41. The Morgan fingerprint density at radius 1 is 1.36 bits per heavy atom. The van der Waals surface area contributed by atoms with E-state index in [1.807, 2.05) is 0 Å². The lowest BCUT2D eigenvalue weighted by Crippen LogP contribution is -2.16. The van der Waals surface area contributed by atoms with Gasteiger partial charge in [0, 0.05) is 11.6 Å². The molecule has 2 nitrogen and oxygen atoms in total. The Morgan fingerprint density at radius 3 is 2.50 bits per heavy atom. The second kappa shape index (κ2) is 4.48. The highest BCUT2D eigenvalue weighted by Gasteiger charge is 2.13. The van der Waals surface area contributed by atoms with Crippen LogP contribution in [0.3, 0.4) is 0 Å². The van der Waals surface area contributed by atoms with Crippen molar-refractivity contribution in [2.24, 2.45) is 5.73 Å². The maximum atomic E-state index is 13.2. The van der Waals surface area contributed by atoms with Crippen LogP contribution in [0.4, 0.5) is 8.78 Å². The Labute approximate surface area is 81.4 Å². The van der Waals surface area contributed by atoms with Crippen LogP contribution >= 0.6 is 0 Å². The van der Waals surface area contributed by atoms with Crippen LogP contribution in [0.25, 0.3) is 0 Å². The molecule has 0 aliphatic rings. The fourth-order valence-corrected chi connectivity index (χ4v) is 1.27. The van der Waals surface area contributed by atoms with Gasteiger partial charge in [0.05, 0.1) is 12.6 Å². The van der Waals surface area contributed by atoms with E-state index in [-0.39, 0.29) is 12.2 Å². The molecule has 1 aromatic carbocycles. The molecule has 3 N–H and O–H groups in total. The van der Waals surface area contributed by atoms with Crippen LogP contribution in [0, 0.1) is 11.6 Å². The normalized spacial score (nSPS) is 12.9. The van der Waals surface area contributed by atoms with E-state index in [9.17, 15) is 8.78 Å². The molecule has 0 aromatic heterocycles. The van der Waals surface area contributed by atoms with Gasteiger partial charge in [-0.05, 0) is 18.1 Å². The molecular weight excluding hydrogens is 188 g/mol. The lowest BCUT2D eigenvalue weighted by Gasteiger charge is -2.11. The SMILES string of the molecule is CCc1cc(C(N)CO)c(F)cc1F. The fourth-order valence-electron chi connectivity index (χ4n) is 1.27. The summed E-state index contributed by atoms with van der Waals surface area (Å²) in [5.41, 5.74) is 6.02. The van der Waals surface area contributed by atoms with Gasteiger partial charge in [-0.1, -0.05) is 6.92 Å². The lowest BCUT2D eigenvalue weighted by atomic mass is 10.0. The van der Waals surface area contributed by atoms with Crippen LogP contribution < -0.4 is 5.73 Å². The minimum absolute atomic E-state index is 0.158. The summed E-state index contributed by atoms with van der Waals surface area (Å²) in [6, 6.07) is 1.38. The largest absolute Gasteiger partial charge is 0.394 e. The Hall–Kier alpha value is -1.00. The Bertz CT molecular complexity index is 328. The summed E-state index contributed by atoms with van der Waals surface area (Å²) in [5.74, 6) is -1.28. The molecular formula is C10H13F2NO. The number of halogens is 2. The number of hydrogen-bond acceptors (Lipinski definition) is 2. The van der Waals surface area contributed by atoms with Crippen LogP contribution in [-0.2, 0) is 6.42 Å². The second-order valence-corrected chi connectivity index (χ2v) is 3.11. The molecule has 0 fully saturated rings. The monoisotopic (exact) mass is 201 g/mol. The van der Waals surface area contributed by atoms with Crippen molar-refractivity contribution in [2.75, 3.05) is 6.61 Å². The van der Waals surface area contributed by atoms with E-state index in [1.165, 1.54) is 6.07 Å². The summed E-state index contributed by atoms with van der Waals surface area (Å²) in [4.78, 5) is 0. The molecule has 0 radical (unpaired) electrons. The topological polar surface area (TPSA) is 46.2 Å². The van der Waals surface area contributed by atoms with Gasteiger partial charge in [0.2, 0.25) is 0 Å². The van der Waals surface area contributed by atoms with Crippen LogP contribution in [0.1, 0.15) is 24.1 Å². The second-order valence-electron chi connectivity index (χ2n) is 3.11. The number of aliphatic hydroxyl groups excluding tert-OH is 1. The van der Waals surface area contributed by atoms with Crippen LogP contribution in [0.2, 0.25) is 0 Å². The zero-order valence-electron chi connectivity index (χ0n) is 7.93. The van der Waals surface area contributed by atoms with Crippen LogP contribution in [0.15, 0.2) is 12.1 Å². The first-order valence-electron chi connectivity index (χ1n) is 4.44. The molecule has 4 heteroatoms. The van der Waals surface area contributed by atoms with Gasteiger partial charge in [-0.15, -0.1) is 0 Å². The maximum Gasteiger partial charge on any atom is 0.130 e. The quantitative estimate of drug-likeness (QED) is 0.778. The van der Waals surface area contributed by atoms with E-state index >= 15 is 0 Å². The van der Waals surface area contributed by atoms with Crippen LogP contribution in [0.5, 0.6) is 0 Å². The number of aliphatic hydroxyl groups is 1. The summed E-state index contributed by atoms with van der Waals surface area (Å²) in [7, 11) is 0. The molecule has 0 bridgehead atoms. The fraction of sp³-hybridized carbons (Fsp3) is 0.400. The van der Waals surface area contributed by atoms with Crippen molar-refractivity contribution in [1.82, 2.24) is 0 Å². The van der Waals surface area contributed by atoms with E-state index in [1.54, 1.807) is 6.92 Å². The number of aryl methyl sites for hydroxylation is 1. The van der Waals surface area contributed by atoms with Gasteiger partial charge >= 0.3 is 0 Å². The van der Waals surface area contributed by atoms with Gasteiger partial charge < -0.3 is 10.8 Å². The standard InChI is InChI=1S/C10H13F2NO/c1-2-6-3-7(10(13)5-14)9(12)4-8(6)11/h3-4,10,14H,2,5,13H2,1H3. The summed E-state index contributed by atoms with van der Waals surface area (Å²) >= 11 is 0. The third-order valence-corrected chi connectivity index (χ3v) is 2.14. The summed E-state index contributed by atoms with van der Waals surface area (Å²) in [6.07, 6.45) is 0.470. The number of nitrogens with two attached hydrogens (primary N) is 1. The average molecular weight is 201 g/mol. The highest BCUT2D eigenvalue weighted by Crippen LogP contribution is 2.19. The number of rotatable bonds is 3. The van der Waals surface area contributed by atoms with Gasteiger partial charge in [0.1, 0.15) is 11.6 Å². The van der Waals surface area contributed by atoms with Crippen molar-refractivity contribution in [3.63, 3.8) is 0 Å². The maximum absolute atomic E-state index is 13.2. The predicted octanol–water partition coefficient (Wildman–Crippen LogP) is 1.52. The van der Waals surface area contributed by atoms with Crippen molar-refractivity contribution in [3.05, 3.63) is 34.9 Å². The van der Waals surface area contributed by atoms with E-state index in [0.717, 1.165) is 6.07 Å². The van der Waals surface area contributed by atoms with Gasteiger partial charge in [0.25, 0.3) is 0 Å². The highest BCUT2D eigenvalue weighted by molar-refractivity contribution is 5.29. The van der Waals surface area contributed by atoms with E-state index in [4.69, 9.17) is 10.8 Å². The van der Waals surface area contributed by atoms with Crippen molar-refractivity contribution in [1.29, 1.82) is 0 Å². The number of hydrogen-bond donors (Lipinski definition) is 2. The zero-order chi connectivity index (χ0) is 10.7. The van der Waals surface area contributed by atoms with Crippen molar-refractivity contribution >= 4 is 0 Å². The van der Waals surface area contributed by atoms with Gasteiger partial charge in [-0.3, -0.25) is 0 Å². The first kappa shape index (κ1) is 11.1. The first-order chi connectivity index (χ1) is 6.60. The van der Waals surface area contributed by atoms with Gasteiger partial charge in [-0.2, -0.15) is 0 Å². The lowest BCUT2D eigenvalue weighted by molar-refractivity contribution is 0.265. The first-order valence-corrected chi connectivity index (χ1v) is 4.44. The third-order valence-electron chi connectivity index (χ3n) is 2.14. The average Bonchev–Trinajstić information content (AvgIpc) is 2.17. The van der Waals surface area contributed by atoms with E-state index < -0.39 is 17.7 Å². The third kappa shape index (κ3) is 2.08. The van der Waals surface area contributed by atoms with Crippen LogP contribution in [-0.4, -0.2) is 11.7 Å².